The predicted molar refractivity (Wildman–Crippen MR) is 86.8 cm³/mol. The Kier molecular flexibility index (Phi) is 4.92. The monoisotopic (exact) mass is 320 g/mol. The van der Waals surface area contributed by atoms with E-state index in [0.29, 0.717) is 0 Å². The van der Waals surface area contributed by atoms with Gasteiger partial charge < -0.3 is 14.2 Å². The largest absolute Gasteiger partial charge is 0.497 e. The van der Waals surface area contributed by atoms with Crippen LogP contribution in [0.25, 0.3) is 10.6 Å². The molecule has 0 bridgehead atoms. The Bertz CT molecular complexity index is 624. The van der Waals surface area contributed by atoms with Crippen molar-refractivity contribution in [1.82, 2.24) is 9.88 Å². The summed E-state index contributed by atoms with van der Waals surface area (Å²) in [5.74, 6) is 1.57. The molecule has 6 heteroatoms. The molecule has 22 heavy (non-hydrogen) atoms. The molecular formula is C16H20N2O3S. The fourth-order valence-electron chi connectivity index (χ4n) is 2.47. The highest BCUT2D eigenvalue weighted by atomic mass is 32.1. The Hall–Kier alpha value is -1.63. The van der Waals surface area contributed by atoms with E-state index in [4.69, 9.17) is 19.2 Å². The van der Waals surface area contributed by atoms with E-state index in [1.165, 1.54) is 0 Å². The zero-order valence-corrected chi connectivity index (χ0v) is 13.7. The lowest BCUT2D eigenvalue weighted by atomic mass is 10.2. The first-order valence-corrected chi connectivity index (χ1v) is 8.15. The first kappa shape index (κ1) is 15.3. The molecule has 2 aromatic rings. The molecule has 118 valence electrons. The summed E-state index contributed by atoms with van der Waals surface area (Å²) in [6, 6.07) is 5.81. The van der Waals surface area contributed by atoms with Gasteiger partial charge in [0.25, 0.3) is 0 Å². The Morgan fingerprint density at radius 2 is 2.05 bits per heavy atom. The summed E-state index contributed by atoms with van der Waals surface area (Å²) in [5, 5.41) is 3.09. The van der Waals surface area contributed by atoms with Crippen LogP contribution in [0.3, 0.4) is 0 Å². The van der Waals surface area contributed by atoms with Crippen LogP contribution < -0.4 is 9.47 Å². The first-order chi connectivity index (χ1) is 10.8. The minimum Gasteiger partial charge on any atom is -0.497 e. The Balaban J connectivity index is 1.78. The van der Waals surface area contributed by atoms with Gasteiger partial charge in [-0.15, -0.1) is 11.3 Å². The van der Waals surface area contributed by atoms with Gasteiger partial charge in [0.15, 0.2) is 0 Å². The second-order valence-electron chi connectivity index (χ2n) is 5.10. The van der Waals surface area contributed by atoms with E-state index in [1.54, 1.807) is 25.6 Å². The maximum atomic E-state index is 5.46. The number of methoxy groups -OCH3 is 2. The Labute approximate surface area is 134 Å². The normalized spacial score (nSPS) is 15.7. The molecule has 0 unspecified atom stereocenters. The quantitative estimate of drug-likeness (QED) is 0.847. The van der Waals surface area contributed by atoms with Crippen molar-refractivity contribution >= 4 is 11.3 Å². The lowest BCUT2D eigenvalue weighted by molar-refractivity contribution is 0.0337. The van der Waals surface area contributed by atoms with Gasteiger partial charge in [0, 0.05) is 31.1 Å². The van der Waals surface area contributed by atoms with Crippen LogP contribution in [-0.2, 0) is 11.3 Å². The number of nitrogens with zero attached hydrogens (tertiary/aromatic N) is 2. The smallest absolute Gasteiger partial charge is 0.132 e. The maximum Gasteiger partial charge on any atom is 0.132 e. The van der Waals surface area contributed by atoms with Crippen molar-refractivity contribution in [2.75, 3.05) is 40.5 Å². The summed E-state index contributed by atoms with van der Waals surface area (Å²) in [4.78, 5) is 7.12. The second kappa shape index (κ2) is 7.09. The molecule has 0 spiro atoms. The molecule has 2 heterocycles. The van der Waals surface area contributed by atoms with Gasteiger partial charge in [-0.1, -0.05) is 0 Å². The fourth-order valence-corrected chi connectivity index (χ4v) is 3.31. The molecule has 0 radical (unpaired) electrons. The van der Waals surface area contributed by atoms with Crippen LogP contribution in [0, 0.1) is 0 Å². The molecule has 1 aliphatic heterocycles. The minimum absolute atomic E-state index is 0.783. The van der Waals surface area contributed by atoms with Crippen LogP contribution in [0.15, 0.2) is 23.6 Å². The molecule has 1 aliphatic rings. The molecule has 3 rings (SSSR count). The van der Waals surface area contributed by atoms with E-state index in [2.05, 4.69) is 10.3 Å². The molecule has 1 fully saturated rings. The highest BCUT2D eigenvalue weighted by molar-refractivity contribution is 7.13. The fraction of sp³-hybridized carbons (Fsp3) is 0.438. The number of hydrogen-bond acceptors (Lipinski definition) is 6. The molecule has 0 atom stereocenters. The van der Waals surface area contributed by atoms with Crippen molar-refractivity contribution < 1.29 is 14.2 Å². The van der Waals surface area contributed by atoms with Crippen molar-refractivity contribution in [2.24, 2.45) is 0 Å². The predicted octanol–water partition coefficient (Wildman–Crippen LogP) is 2.66. The first-order valence-electron chi connectivity index (χ1n) is 7.27. The summed E-state index contributed by atoms with van der Waals surface area (Å²) in [6.07, 6.45) is 0. The summed E-state index contributed by atoms with van der Waals surface area (Å²) in [6.45, 7) is 4.43. The standard InChI is InChI=1S/C16H20N2O3S/c1-19-13-3-4-14(15(9-13)20-2)16-17-12(11-22-16)10-18-5-7-21-8-6-18/h3-4,9,11H,5-8,10H2,1-2H3. The average molecular weight is 320 g/mol. The van der Waals surface area contributed by atoms with Gasteiger partial charge in [-0.25, -0.2) is 4.98 Å². The van der Waals surface area contributed by atoms with Gasteiger partial charge in [0.2, 0.25) is 0 Å². The number of rotatable bonds is 5. The highest BCUT2D eigenvalue weighted by Crippen LogP contribution is 2.35. The Morgan fingerprint density at radius 1 is 1.23 bits per heavy atom. The number of benzene rings is 1. The van der Waals surface area contributed by atoms with E-state index in [0.717, 1.165) is 60.6 Å². The minimum atomic E-state index is 0.783. The van der Waals surface area contributed by atoms with Gasteiger partial charge in [-0.3, -0.25) is 4.90 Å². The van der Waals surface area contributed by atoms with E-state index >= 15 is 0 Å². The van der Waals surface area contributed by atoms with Crippen molar-refractivity contribution in [3.63, 3.8) is 0 Å². The zero-order valence-electron chi connectivity index (χ0n) is 12.9. The van der Waals surface area contributed by atoms with Crippen molar-refractivity contribution in [3.8, 4) is 22.1 Å². The second-order valence-corrected chi connectivity index (χ2v) is 5.96. The van der Waals surface area contributed by atoms with Gasteiger partial charge >= 0.3 is 0 Å². The Morgan fingerprint density at radius 3 is 2.77 bits per heavy atom. The summed E-state index contributed by atoms with van der Waals surface area (Å²) in [5.41, 5.74) is 2.10. The van der Waals surface area contributed by atoms with Crippen LogP contribution in [0.2, 0.25) is 0 Å². The third kappa shape index (κ3) is 3.40. The highest BCUT2D eigenvalue weighted by Gasteiger charge is 2.15. The van der Waals surface area contributed by atoms with Gasteiger partial charge in [-0.2, -0.15) is 0 Å². The third-order valence-corrected chi connectivity index (χ3v) is 4.60. The van der Waals surface area contributed by atoms with Crippen LogP contribution >= 0.6 is 11.3 Å². The lowest BCUT2D eigenvalue weighted by Gasteiger charge is -2.25. The van der Waals surface area contributed by atoms with Gasteiger partial charge in [-0.05, 0) is 12.1 Å². The lowest BCUT2D eigenvalue weighted by Crippen LogP contribution is -2.35. The molecule has 1 aromatic carbocycles. The number of aromatic nitrogens is 1. The third-order valence-electron chi connectivity index (χ3n) is 3.68. The van der Waals surface area contributed by atoms with Crippen molar-refractivity contribution in [3.05, 3.63) is 29.3 Å². The topological polar surface area (TPSA) is 43.8 Å². The summed E-state index contributed by atoms with van der Waals surface area (Å²) in [7, 11) is 3.32. The molecule has 0 saturated carbocycles. The van der Waals surface area contributed by atoms with E-state index < -0.39 is 0 Å². The molecular weight excluding hydrogens is 300 g/mol. The average Bonchev–Trinajstić information content (AvgIpc) is 3.03. The molecule has 0 N–H and O–H groups in total. The van der Waals surface area contributed by atoms with Crippen LogP contribution in [0.1, 0.15) is 5.69 Å². The summed E-state index contributed by atoms with van der Waals surface area (Å²) >= 11 is 1.64. The molecule has 0 amide bonds. The van der Waals surface area contributed by atoms with Crippen molar-refractivity contribution in [1.29, 1.82) is 0 Å². The molecule has 0 aliphatic carbocycles. The zero-order chi connectivity index (χ0) is 15.4. The number of morpholine rings is 1. The van der Waals surface area contributed by atoms with Gasteiger partial charge in [0.1, 0.15) is 16.5 Å². The van der Waals surface area contributed by atoms with E-state index in [9.17, 15) is 0 Å². The number of thiazole rings is 1. The van der Waals surface area contributed by atoms with Crippen LogP contribution in [0.4, 0.5) is 0 Å². The van der Waals surface area contributed by atoms with E-state index in [1.807, 2.05) is 18.2 Å². The SMILES string of the molecule is COc1ccc(-c2nc(CN3CCOCC3)cs2)c(OC)c1. The maximum absolute atomic E-state index is 5.46. The van der Waals surface area contributed by atoms with E-state index in [-0.39, 0.29) is 0 Å². The molecule has 1 saturated heterocycles. The number of hydrogen-bond donors (Lipinski definition) is 0. The number of ether oxygens (including phenoxy) is 3. The summed E-state index contributed by atoms with van der Waals surface area (Å²) < 4.78 is 16.1. The van der Waals surface area contributed by atoms with Crippen molar-refractivity contribution in [2.45, 2.75) is 6.54 Å². The van der Waals surface area contributed by atoms with Crippen LogP contribution in [0.5, 0.6) is 11.5 Å². The van der Waals surface area contributed by atoms with Crippen LogP contribution in [-0.4, -0.2) is 50.4 Å². The molecule has 5 nitrogen and oxygen atoms in total. The van der Waals surface area contributed by atoms with Gasteiger partial charge in [0.05, 0.1) is 38.7 Å². The molecule has 1 aromatic heterocycles.